The number of rotatable bonds is 7. The van der Waals surface area contributed by atoms with Crippen LogP contribution in [0, 0.1) is 0 Å². The van der Waals surface area contributed by atoms with Gasteiger partial charge in [0, 0.05) is 35.5 Å². The first-order chi connectivity index (χ1) is 21.1. The molecule has 2 heterocycles. The van der Waals surface area contributed by atoms with Crippen LogP contribution < -0.4 is 9.80 Å². The van der Waals surface area contributed by atoms with E-state index in [1.807, 2.05) is 151 Å². The number of carbonyl (C=O) groups is 2. The number of hydrogen-bond donors (Lipinski definition) is 0. The Hall–Kier alpha value is -5.88. The lowest BCUT2D eigenvalue weighted by molar-refractivity contribution is -0.131. The van der Waals surface area contributed by atoms with Crippen LogP contribution in [0.1, 0.15) is 11.1 Å². The summed E-state index contributed by atoms with van der Waals surface area (Å²) in [5.74, 6) is -0.777. The second-order valence-electron chi connectivity index (χ2n) is 10.2. The predicted molar refractivity (Wildman–Crippen MR) is 168 cm³/mol. The summed E-state index contributed by atoms with van der Waals surface area (Å²) in [7, 11) is 1.98. The van der Waals surface area contributed by atoms with Crippen LogP contribution >= 0.6 is 0 Å². The van der Waals surface area contributed by atoms with E-state index in [4.69, 9.17) is 9.47 Å². The van der Waals surface area contributed by atoms with E-state index in [1.165, 1.54) is 0 Å². The van der Waals surface area contributed by atoms with Gasteiger partial charge in [0.1, 0.15) is 11.1 Å². The summed E-state index contributed by atoms with van der Waals surface area (Å²) in [4.78, 5) is 30.3. The number of benzene rings is 5. The minimum atomic E-state index is -0.550. The molecule has 6 nitrogen and oxygen atoms in total. The molecular weight excluding hydrogens is 536 g/mol. The van der Waals surface area contributed by atoms with Crippen LogP contribution in [0.5, 0.6) is 0 Å². The van der Waals surface area contributed by atoms with E-state index in [9.17, 15) is 9.59 Å². The maximum atomic E-state index is 13.1. The van der Waals surface area contributed by atoms with Crippen LogP contribution in [-0.4, -0.2) is 19.0 Å². The lowest BCUT2D eigenvalue weighted by Gasteiger charge is -2.25. The Labute approximate surface area is 249 Å². The van der Waals surface area contributed by atoms with Crippen LogP contribution in [0.4, 0.5) is 28.4 Å². The van der Waals surface area contributed by atoms with Crippen molar-refractivity contribution < 1.29 is 19.1 Å². The molecule has 0 aromatic heterocycles. The van der Waals surface area contributed by atoms with Gasteiger partial charge < -0.3 is 19.3 Å². The van der Waals surface area contributed by atoms with E-state index in [-0.39, 0.29) is 22.7 Å². The third kappa shape index (κ3) is 4.75. The van der Waals surface area contributed by atoms with Gasteiger partial charge >= 0.3 is 11.9 Å². The Bertz CT molecular complexity index is 1840. The average molecular weight is 563 g/mol. The molecule has 0 radical (unpaired) electrons. The molecule has 208 valence electrons. The van der Waals surface area contributed by atoms with Gasteiger partial charge in [-0.05, 0) is 71.8 Å². The van der Waals surface area contributed by atoms with E-state index < -0.39 is 11.9 Å². The number of hydrogen-bond acceptors (Lipinski definition) is 6. The summed E-state index contributed by atoms with van der Waals surface area (Å²) in [6, 6.07) is 45.2. The maximum absolute atomic E-state index is 13.1. The van der Waals surface area contributed by atoms with E-state index in [0.29, 0.717) is 11.1 Å². The van der Waals surface area contributed by atoms with Crippen molar-refractivity contribution in [2.24, 2.45) is 0 Å². The van der Waals surface area contributed by atoms with E-state index in [2.05, 4.69) is 4.90 Å². The van der Waals surface area contributed by atoms with Crippen LogP contribution in [-0.2, 0) is 19.1 Å². The van der Waals surface area contributed by atoms with Crippen LogP contribution in [0.25, 0.3) is 11.1 Å². The average Bonchev–Trinajstić information content (AvgIpc) is 3.54. The van der Waals surface area contributed by atoms with Gasteiger partial charge in [-0.3, -0.25) is 0 Å². The van der Waals surface area contributed by atoms with E-state index in [0.717, 1.165) is 28.4 Å². The summed E-state index contributed by atoms with van der Waals surface area (Å²) >= 11 is 0. The number of anilines is 5. The van der Waals surface area contributed by atoms with Gasteiger partial charge in [-0.25, -0.2) is 9.59 Å². The summed E-state index contributed by atoms with van der Waals surface area (Å²) in [6.07, 6.45) is 0. The highest BCUT2D eigenvalue weighted by molar-refractivity contribution is 6.29. The smallest absolute Gasteiger partial charge is 0.348 e. The van der Waals surface area contributed by atoms with Crippen molar-refractivity contribution in [3.8, 4) is 0 Å². The molecule has 0 atom stereocenters. The van der Waals surface area contributed by atoms with Gasteiger partial charge in [-0.1, -0.05) is 78.9 Å². The van der Waals surface area contributed by atoms with Crippen molar-refractivity contribution in [1.82, 2.24) is 0 Å². The van der Waals surface area contributed by atoms with Gasteiger partial charge in [0.15, 0.2) is 11.5 Å². The second kappa shape index (κ2) is 10.8. The Morgan fingerprint density at radius 2 is 0.744 bits per heavy atom. The monoisotopic (exact) mass is 562 g/mol. The normalized spacial score (nSPS) is 14.0. The Morgan fingerprint density at radius 1 is 0.419 bits per heavy atom. The molecule has 0 saturated heterocycles. The number of fused-ring (bicyclic) bond motifs is 1. The van der Waals surface area contributed by atoms with Crippen LogP contribution in [0.15, 0.2) is 151 Å². The van der Waals surface area contributed by atoms with Crippen molar-refractivity contribution in [2.45, 2.75) is 0 Å². The molecule has 0 N–H and O–H groups in total. The third-order valence-electron chi connectivity index (χ3n) is 7.59. The molecule has 0 amide bonds. The van der Waals surface area contributed by atoms with E-state index in [1.54, 1.807) is 0 Å². The number of esters is 2. The number of para-hydroxylation sites is 3. The zero-order valence-electron chi connectivity index (χ0n) is 23.3. The molecular formula is C37H26N2O4. The maximum Gasteiger partial charge on any atom is 0.348 e. The Balaban J connectivity index is 1.21. The molecule has 0 spiro atoms. The molecule has 5 aromatic rings. The molecule has 6 heteroatoms. The number of nitrogens with zero attached hydrogens (tertiary/aromatic N) is 2. The predicted octanol–water partition coefficient (Wildman–Crippen LogP) is 8.16. The first kappa shape index (κ1) is 26.0. The lowest BCUT2D eigenvalue weighted by Crippen LogP contribution is -2.10. The SMILES string of the molecule is CN(c1ccccc1)c1ccc(C2=C3OC(=O)C(c4ccc(N(c5ccccc5)c5ccccc5)cc4)=C3OC2=O)cc1. The van der Waals surface area contributed by atoms with Gasteiger partial charge in [0.25, 0.3) is 0 Å². The first-order valence-corrected chi connectivity index (χ1v) is 13.9. The molecule has 2 aliphatic heterocycles. The topological polar surface area (TPSA) is 59.1 Å². The molecule has 5 aromatic carbocycles. The summed E-state index contributed by atoms with van der Waals surface area (Å²) in [5, 5.41) is 0. The molecule has 0 saturated carbocycles. The largest absolute Gasteiger partial charge is 0.418 e. The van der Waals surface area contributed by atoms with E-state index >= 15 is 0 Å². The molecule has 0 unspecified atom stereocenters. The van der Waals surface area contributed by atoms with Crippen molar-refractivity contribution in [2.75, 3.05) is 16.8 Å². The third-order valence-corrected chi connectivity index (χ3v) is 7.59. The molecule has 7 rings (SSSR count). The molecule has 0 fully saturated rings. The van der Waals surface area contributed by atoms with Crippen LogP contribution in [0.2, 0.25) is 0 Å². The lowest BCUT2D eigenvalue weighted by atomic mass is 10.0. The quantitative estimate of drug-likeness (QED) is 0.187. The van der Waals surface area contributed by atoms with Crippen molar-refractivity contribution in [3.05, 3.63) is 162 Å². The molecule has 2 aliphatic rings. The molecule has 0 aliphatic carbocycles. The molecule has 43 heavy (non-hydrogen) atoms. The standard InChI is InChI=1S/C37H26N2O4/c1-38(27-11-5-2-6-12-27)28-21-17-25(18-22-28)32-34-35(43-36(32)40)33(37(41)42-34)26-19-23-31(24-20-26)39(29-13-7-3-8-14-29)30-15-9-4-10-16-30/h2-24H,1H3. The molecule has 0 bridgehead atoms. The summed E-state index contributed by atoms with van der Waals surface area (Å²) in [5.41, 5.74) is 6.61. The number of carbonyl (C=O) groups excluding carboxylic acids is 2. The van der Waals surface area contributed by atoms with Gasteiger partial charge in [0.05, 0.1) is 0 Å². The summed E-state index contributed by atoms with van der Waals surface area (Å²) < 4.78 is 11.3. The minimum absolute atomic E-state index is 0.159. The Kier molecular flexibility index (Phi) is 6.56. The van der Waals surface area contributed by atoms with Gasteiger partial charge in [-0.15, -0.1) is 0 Å². The number of ether oxygens (including phenoxy) is 2. The van der Waals surface area contributed by atoms with Crippen LogP contribution in [0.3, 0.4) is 0 Å². The zero-order chi connectivity index (χ0) is 29.3. The Morgan fingerprint density at radius 3 is 1.16 bits per heavy atom. The fraction of sp³-hybridized carbons (Fsp3) is 0.0270. The first-order valence-electron chi connectivity index (χ1n) is 13.9. The fourth-order valence-electron chi connectivity index (χ4n) is 5.42. The highest BCUT2D eigenvalue weighted by atomic mass is 16.6. The minimum Gasteiger partial charge on any atom is -0.418 e. The van der Waals surface area contributed by atoms with Gasteiger partial charge in [0.2, 0.25) is 0 Å². The van der Waals surface area contributed by atoms with Gasteiger partial charge in [-0.2, -0.15) is 0 Å². The fourth-order valence-corrected chi connectivity index (χ4v) is 5.42. The van der Waals surface area contributed by atoms with Crippen molar-refractivity contribution in [3.63, 3.8) is 0 Å². The summed E-state index contributed by atoms with van der Waals surface area (Å²) in [6.45, 7) is 0. The van der Waals surface area contributed by atoms with Crippen molar-refractivity contribution in [1.29, 1.82) is 0 Å². The zero-order valence-corrected chi connectivity index (χ0v) is 23.3. The highest BCUT2D eigenvalue weighted by Crippen LogP contribution is 2.44. The second-order valence-corrected chi connectivity index (χ2v) is 10.2. The highest BCUT2D eigenvalue weighted by Gasteiger charge is 2.43. The van der Waals surface area contributed by atoms with Crippen molar-refractivity contribution >= 4 is 51.5 Å².